The maximum absolute atomic E-state index is 14.2. The number of fused-ring (bicyclic) bond motifs is 1. The summed E-state index contributed by atoms with van der Waals surface area (Å²) in [6, 6.07) is 31.2. The number of oxime groups is 1. The average molecular weight is 791 g/mol. The van der Waals surface area contributed by atoms with Gasteiger partial charge in [0.25, 0.3) is 11.8 Å². The lowest BCUT2D eigenvalue weighted by Gasteiger charge is -2.49. The molecule has 2 aromatic heterocycles. The maximum atomic E-state index is 14.2. The van der Waals surface area contributed by atoms with Gasteiger partial charge in [-0.25, -0.2) is 9.78 Å². The molecule has 286 valence electrons. The van der Waals surface area contributed by atoms with Crippen LogP contribution in [0.25, 0.3) is 0 Å². The van der Waals surface area contributed by atoms with Crippen LogP contribution in [0.15, 0.2) is 131 Å². The largest absolute Gasteiger partial charge is 0.477 e. The van der Waals surface area contributed by atoms with Crippen molar-refractivity contribution in [3.05, 3.63) is 148 Å². The van der Waals surface area contributed by atoms with Crippen molar-refractivity contribution in [2.24, 2.45) is 12.2 Å². The third kappa shape index (κ3) is 7.20. The van der Waals surface area contributed by atoms with E-state index >= 15 is 0 Å². The number of nitrogens with zero attached hydrogens (tertiary/aromatic N) is 5. The number of amides is 2. The highest BCUT2D eigenvalue weighted by Gasteiger charge is 2.54. The zero-order chi connectivity index (χ0) is 38.6. The van der Waals surface area contributed by atoms with Gasteiger partial charge in [-0.2, -0.15) is 4.68 Å². The predicted molar refractivity (Wildman–Crippen MR) is 211 cm³/mol. The molecule has 3 atom stereocenters. The molecule has 3 aliphatic rings. The van der Waals surface area contributed by atoms with Gasteiger partial charge in [-0.1, -0.05) is 96.2 Å². The molecule has 1 unspecified atom stereocenters. The summed E-state index contributed by atoms with van der Waals surface area (Å²) in [5, 5.41) is 22.7. The summed E-state index contributed by atoms with van der Waals surface area (Å²) in [7, 11) is 1.86. The predicted octanol–water partition coefficient (Wildman–Crippen LogP) is 4.86. The number of ether oxygens (including phenoxy) is 1. The Morgan fingerprint density at radius 3 is 2.23 bits per heavy atom. The van der Waals surface area contributed by atoms with Gasteiger partial charge in [0.1, 0.15) is 34.9 Å². The van der Waals surface area contributed by atoms with Gasteiger partial charge in [-0.15, -0.1) is 27.8 Å². The van der Waals surface area contributed by atoms with Gasteiger partial charge >= 0.3 is 5.97 Å². The number of hydrogen-bond donors (Lipinski definition) is 3. The monoisotopic (exact) mass is 790 g/mol. The number of carboxylic acids is 1. The summed E-state index contributed by atoms with van der Waals surface area (Å²) < 4.78 is 9.44. The third-order valence-electron chi connectivity index (χ3n) is 10.1. The Hall–Kier alpha value is -5.77. The number of thioether (sulfide) groups is 1. The first-order valence-corrected chi connectivity index (χ1v) is 20.2. The maximum Gasteiger partial charge on any atom is 0.352 e. The number of hydrogen-bond acceptors (Lipinski definition) is 10. The van der Waals surface area contributed by atoms with Gasteiger partial charge in [-0.3, -0.25) is 14.5 Å². The fraction of sp³-hybridized carbons (Fsp3) is 0.268. The van der Waals surface area contributed by atoms with Crippen molar-refractivity contribution >= 4 is 51.7 Å². The standard InChI is InChI=1S/C41H39N7O6S2/c1-46-21-13-22-47(46)24-27-25-55-38-34(37(50)48(38)35(27)39(51)52)43-36(49)33(45-54-32-20-11-12-23-53-32)31-26-56-40(42-31)44-41(28-14-5-2-6-15-28,29-16-7-3-8-17-29)30-18-9-4-10-19-30/h2-10,13-19,21-22,26,32,34,38H,11-12,20,23-25H2,1H3,(H2-,42,43,44,49,51,52)/p+1/t32?,34-,38-/m1/s1. The molecule has 15 heteroatoms. The molecular formula is C41H40N7O6S2+. The van der Waals surface area contributed by atoms with Crippen LogP contribution in [-0.2, 0) is 43.1 Å². The number of aliphatic carboxylic acids is 1. The van der Waals surface area contributed by atoms with Gasteiger partial charge in [0.2, 0.25) is 6.29 Å². The molecule has 0 saturated carbocycles. The number of aryl methyl sites for hydroxylation is 1. The molecular weight excluding hydrogens is 751 g/mol. The molecule has 0 aliphatic carbocycles. The van der Waals surface area contributed by atoms with Crippen molar-refractivity contribution in [1.82, 2.24) is 19.9 Å². The Morgan fingerprint density at radius 1 is 1.00 bits per heavy atom. The molecule has 2 amide bonds. The van der Waals surface area contributed by atoms with E-state index < -0.39 is 41.0 Å². The van der Waals surface area contributed by atoms with Crippen molar-refractivity contribution in [3.63, 3.8) is 0 Å². The van der Waals surface area contributed by atoms with E-state index in [0.29, 0.717) is 36.0 Å². The molecule has 56 heavy (non-hydrogen) atoms. The lowest BCUT2D eigenvalue weighted by atomic mass is 9.77. The minimum absolute atomic E-state index is 0.0569. The van der Waals surface area contributed by atoms with Crippen LogP contribution in [0.3, 0.4) is 0 Å². The highest BCUT2D eigenvalue weighted by atomic mass is 32.2. The summed E-state index contributed by atoms with van der Waals surface area (Å²) in [4.78, 5) is 52.3. The van der Waals surface area contributed by atoms with E-state index in [4.69, 9.17) is 14.6 Å². The van der Waals surface area contributed by atoms with Crippen LogP contribution in [0.2, 0.25) is 0 Å². The lowest BCUT2D eigenvalue weighted by Crippen LogP contribution is -2.71. The molecule has 2 fully saturated rings. The van der Waals surface area contributed by atoms with Crippen molar-refractivity contribution < 1.29 is 33.7 Å². The Bertz CT molecular complexity index is 2180. The summed E-state index contributed by atoms with van der Waals surface area (Å²) in [5.41, 5.74) is 2.74. The lowest BCUT2D eigenvalue weighted by molar-refractivity contribution is -0.752. The van der Waals surface area contributed by atoms with E-state index in [1.807, 2.05) is 89.5 Å². The number of benzene rings is 3. The van der Waals surface area contributed by atoms with E-state index in [-0.39, 0.29) is 17.1 Å². The number of aromatic nitrogens is 3. The Balaban J connectivity index is 1.09. The number of thiazole rings is 1. The average Bonchev–Trinajstić information content (AvgIpc) is 3.88. The first-order valence-electron chi connectivity index (χ1n) is 18.3. The normalized spacial score (nSPS) is 19.9. The number of carboxylic acid groups (broad SMARTS) is 1. The molecule has 0 radical (unpaired) electrons. The molecule has 0 spiro atoms. The van der Waals surface area contributed by atoms with Gasteiger partial charge < -0.3 is 25.3 Å². The van der Waals surface area contributed by atoms with E-state index in [0.717, 1.165) is 29.5 Å². The van der Waals surface area contributed by atoms with Gasteiger partial charge in [0.05, 0.1) is 12.8 Å². The highest BCUT2D eigenvalue weighted by Crippen LogP contribution is 2.42. The van der Waals surface area contributed by atoms with E-state index in [1.54, 1.807) is 5.38 Å². The van der Waals surface area contributed by atoms with Gasteiger partial charge in [-0.05, 0) is 35.1 Å². The van der Waals surface area contributed by atoms with Crippen LogP contribution in [0.1, 0.15) is 41.6 Å². The molecule has 5 heterocycles. The smallest absolute Gasteiger partial charge is 0.352 e. The van der Waals surface area contributed by atoms with Crippen LogP contribution in [-0.4, -0.2) is 73.2 Å². The summed E-state index contributed by atoms with van der Waals surface area (Å²) >= 11 is 2.71. The summed E-state index contributed by atoms with van der Waals surface area (Å²) in [6.07, 6.45) is 5.47. The van der Waals surface area contributed by atoms with Gasteiger partial charge in [0, 0.05) is 23.6 Å². The first kappa shape index (κ1) is 37.2. The second-order valence-corrected chi connectivity index (χ2v) is 15.6. The number of carbonyl (C=O) groups is 3. The first-order chi connectivity index (χ1) is 27.3. The quantitative estimate of drug-likeness (QED) is 0.0500. The molecule has 2 saturated heterocycles. The zero-order valence-electron chi connectivity index (χ0n) is 30.5. The Kier molecular flexibility index (Phi) is 10.7. The van der Waals surface area contributed by atoms with Crippen LogP contribution in [0, 0.1) is 0 Å². The summed E-state index contributed by atoms with van der Waals surface area (Å²) in [5.74, 6) is -2.02. The van der Waals surface area contributed by atoms with Crippen molar-refractivity contribution in [2.75, 3.05) is 17.7 Å². The van der Waals surface area contributed by atoms with E-state index in [1.165, 1.54) is 28.0 Å². The zero-order valence-corrected chi connectivity index (χ0v) is 32.1. The SMILES string of the molecule is C[n+]1cccn1CC1=C(C(=O)O)N2C(=O)[C@@H](NC(=O)C(=NOC3CCCCO3)c3csc(NC(c4ccccc4)(c4ccccc4)c4ccccc4)n3)[C@H]2SC1. The minimum Gasteiger partial charge on any atom is -0.477 e. The highest BCUT2D eigenvalue weighted by molar-refractivity contribution is 8.00. The molecule has 8 rings (SSSR count). The minimum atomic E-state index is -1.19. The molecule has 13 nitrogen and oxygen atoms in total. The third-order valence-corrected chi connectivity index (χ3v) is 12.2. The number of nitrogens with one attached hydrogen (secondary N) is 2. The number of carbonyl (C=O) groups excluding carboxylic acids is 2. The van der Waals surface area contributed by atoms with Crippen molar-refractivity contribution in [1.29, 1.82) is 0 Å². The summed E-state index contributed by atoms with van der Waals surface area (Å²) in [6.45, 7) is 0.825. The van der Waals surface area contributed by atoms with Crippen molar-refractivity contribution in [2.45, 2.75) is 49.1 Å². The number of rotatable bonds is 13. The molecule has 0 bridgehead atoms. The van der Waals surface area contributed by atoms with Gasteiger partial charge in [0.15, 0.2) is 24.1 Å². The second-order valence-electron chi connectivity index (χ2n) is 13.6. The fourth-order valence-electron chi connectivity index (χ4n) is 7.32. The second kappa shape index (κ2) is 16.1. The number of β-lactam (4-membered cyclic amide) rings is 1. The van der Waals surface area contributed by atoms with Crippen LogP contribution < -0.4 is 15.3 Å². The van der Waals surface area contributed by atoms with Crippen molar-refractivity contribution in [3.8, 4) is 0 Å². The molecule has 3 N–H and O–H groups in total. The Labute approximate surface area is 331 Å². The van der Waals surface area contributed by atoms with E-state index in [2.05, 4.69) is 52.2 Å². The van der Waals surface area contributed by atoms with Crippen LogP contribution in [0.5, 0.6) is 0 Å². The van der Waals surface area contributed by atoms with E-state index in [9.17, 15) is 19.5 Å². The number of anilines is 1. The van der Waals surface area contributed by atoms with Crippen LogP contribution in [0.4, 0.5) is 5.13 Å². The topological polar surface area (TPSA) is 151 Å². The van der Waals surface area contributed by atoms with Crippen LogP contribution >= 0.6 is 23.1 Å². The molecule has 3 aliphatic heterocycles. The molecule has 3 aromatic carbocycles. The molecule has 5 aromatic rings. The Morgan fingerprint density at radius 2 is 1.66 bits per heavy atom. The fourth-order valence-corrected chi connectivity index (χ4v) is 9.40.